The van der Waals surface area contributed by atoms with Crippen LogP contribution in [0.1, 0.15) is 13.3 Å². The number of carbonyl (C=O) groups excluding carboxylic acids is 1. The summed E-state index contributed by atoms with van der Waals surface area (Å²) < 4.78 is 88.8. The Morgan fingerprint density at radius 1 is 1.41 bits per heavy atom. The molecule has 0 radical (unpaired) electrons. The first-order chi connectivity index (χ1) is 9.88. The molecule has 0 spiro atoms. The quantitative estimate of drug-likeness (QED) is 0.414. The molecule has 1 N–H and O–H groups in total. The number of carbonyl (C=O) groups is 1. The molecule has 0 aromatic rings. The standard InChI is InChI=1S/C10H12F2O8S2/c1-3-4-2-5-6(3)8(20-21(5,14)15)7(4)19-9(13)10(11,12)22(16,17)18/h3-8H,2H2,1H3,(H,16,17,18). The van der Waals surface area contributed by atoms with Gasteiger partial charge in [-0.15, -0.1) is 0 Å². The van der Waals surface area contributed by atoms with Crippen LogP contribution in [-0.2, 0) is 34.0 Å². The molecule has 1 aliphatic heterocycles. The highest BCUT2D eigenvalue weighted by Gasteiger charge is 2.69. The maximum atomic E-state index is 13.2. The van der Waals surface area contributed by atoms with Gasteiger partial charge in [0.2, 0.25) is 0 Å². The lowest BCUT2D eigenvalue weighted by Crippen LogP contribution is -2.45. The number of alkyl halides is 2. The number of esters is 1. The topological polar surface area (TPSA) is 124 Å². The number of hydrogen-bond donors (Lipinski definition) is 1. The Morgan fingerprint density at radius 3 is 2.55 bits per heavy atom. The van der Waals surface area contributed by atoms with Crippen LogP contribution in [0.15, 0.2) is 0 Å². The molecule has 0 aromatic heterocycles. The van der Waals surface area contributed by atoms with Gasteiger partial charge in [0.05, 0.1) is 5.25 Å². The van der Waals surface area contributed by atoms with E-state index in [-0.39, 0.29) is 12.3 Å². The molecule has 22 heavy (non-hydrogen) atoms. The minimum atomic E-state index is -5.97. The van der Waals surface area contributed by atoms with Crippen molar-refractivity contribution >= 4 is 26.2 Å². The number of ether oxygens (including phenoxy) is 1. The normalized spacial score (nSPS) is 42.5. The fourth-order valence-corrected chi connectivity index (χ4v) is 5.97. The first-order valence-electron chi connectivity index (χ1n) is 6.36. The van der Waals surface area contributed by atoms with Gasteiger partial charge in [0, 0.05) is 11.8 Å². The predicted octanol–water partition coefficient (Wildman–Crippen LogP) is -0.238. The molecular formula is C10H12F2O8S2. The lowest BCUT2D eigenvalue weighted by molar-refractivity contribution is -0.173. The highest BCUT2D eigenvalue weighted by atomic mass is 32.2. The van der Waals surface area contributed by atoms with Crippen LogP contribution >= 0.6 is 0 Å². The van der Waals surface area contributed by atoms with E-state index in [4.69, 9.17) is 8.74 Å². The SMILES string of the molecule is CC1C2CC3C1C(OS3(=O)=O)C2OC(=O)C(F)(F)S(=O)(=O)O. The van der Waals surface area contributed by atoms with Crippen molar-refractivity contribution < 1.29 is 43.9 Å². The second-order valence-electron chi connectivity index (χ2n) is 5.79. The second-order valence-corrected chi connectivity index (χ2v) is 9.04. The zero-order valence-corrected chi connectivity index (χ0v) is 12.7. The third-order valence-corrected chi connectivity index (χ3v) is 7.32. The van der Waals surface area contributed by atoms with Crippen LogP contribution in [0.2, 0.25) is 0 Å². The van der Waals surface area contributed by atoms with E-state index < -0.39 is 60.8 Å². The highest BCUT2D eigenvalue weighted by molar-refractivity contribution is 7.88. The molecule has 1 saturated heterocycles. The van der Waals surface area contributed by atoms with Crippen molar-refractivity contribution in [1.29, 1.82) is 0 Å². The highest BCUT2D eigenvalue weighted by Crippen LogP contribution is 2.58. The molecule has 6 unspecified atom stereocenters. The zero-order valence-electron chi connectivity index (χ0n) is 11.0. The van der Waals surface area contributed by atoms with Gasteiger partial charge in [-0.1, -0.05) is 6.92 Å². The van der Waals surface area contributed by atoms with E-state index in [1.54, 1.807) is 6.92 Å². The predicted molar refractivity (Wildman–Crippen MR) is 64.7 cm³/mol. The Bertz CT molecular complexity index is 730. The molecule has 3 aliphatic rings. The summed E-state index contributed by atoms with van der Waals surface area (Å²) in [5, 5.41) is -5.87. The number of halogens is 2. The average molecular weight is 362 g/mol. The van der Waals surface area contributed by atoms with E-state index in [1.807, 2.05) is 0 Å². The summed E-state index contributed by atoms with van der Waals surface area (Å²) in [5.41, 5.74) is 0. The van der Waals surface area contributed by atoms with E-state index >= 15 is 0 Å². The lowest BCUT2D eigenvalue weighted by Gasteiger charge is -2.26. The summed E-state index contributed by atoms with van der Waals surface area (Å²) in [6.07, 6.45) is -2.28. The molecule has 2 bridgehead atoms. The van der Waals surface area contributed by atoms with Crippen molar-refractivity contribution in [1.82, 2.24) is 0 Å². The summed E-state index contributed by atoms with van der Waals surface area (Å²) in [6, 6.07) is 0. The van der Waals surface area contributed by atoms with E-state index in [2.05, 4.69) is 4.74 Å². The number of fused-ring (bicyclic) bond motifs is 1. The average Bonchev–Trinajstić information content (AvgIpc) is 2.87. The summed E-state index contributed by atoms with van der Waals surface area (Å²) in [4.78, 5) is 11.4. The Kier molecular flexibility index (Phi) is 3.18. The minimum Gasteiger partial charge on any atom is -0.454 e. The van der Waals surface area contributed by atoms with Crippen molar-refractivity contribution in [2.24, 2.45) is 17.8 Å². The van der Waals surface area contributed by atoms with Crippen molar-refractivity contribution in [3.63, 3.8) is 0 Å². The third-order valence-electron chi connectivity index (χ3n) is 4.76. The van der Waals surface area contributed by atoms with Crippen molar-refractivity contribution in [2.45, 2.75) is 36.1 Å². The monoisotopic (exact) mass is 362 g/mol. The molecule has 12 heteroatoms. The maximum Gasteiger partial charge on any atom is 0.465 e. The first-order valence-corrected chi connectivity index (χ1v) is 9.27. The smallest absolute Gasteiger partial charge is 0.454 e. The second kappa shape index (κ2) is 4.36. The molecular weight excluding hydrogens is 350 g/mol. The van der Waals surface area contributed by atoms with E-state index in [0.29, 0.717) is 0 Å². The van der Waals surface area contributed by atoms with Crippen molar-refractivity contribution in [3.8, 4) is 0 Å². The molecule has 2 saturated carbocycles. The van der Waals surface area contributed by atoms with Gasteiger partial charge in [0.1, 0.15) is 12.2 Å². The summed E-state index contributed by atoms with van der Waals surface area (Å²) in [7, 11) is -9.82. The van der Waals surface area contributed by atoms with Crippen LogP contribution in [0.25, 0.3) is 0 Å². The minimum absolute atomic E-state index is 0.0973. The Labute approximate surface area is 124 Å². The van der Waals surface area contributed by atoms with Crippen LogP contribution in [0, 0.1) is 17.8 Å². The largest absolute Gasteiger partial charge is 0.465 e. The first kappa shape index (κ1) is 16.0. The summed E-state index contributed by atoms with van der Waals surface area (Å²) in [5.74, 6) is -3.67. The van der Waals surface area contributed by atoms with Crippen LogP contribution in [-0.4, -0.2) is 50.1 Å². The van der Waals surface area contributed by atoms with Gasteiger partial charge in [0.25, 0.3) is 10.1 Å². The summed E-state index contributed by atoms with van der Waals surface area (Å²) >= 11 is 0. The molecule has 126 valence electrons. The Balaban J connectivity index is 1.86. The van der Waals surface area contributed by atoms with Gasteiger partial charge >= 0.3 is 21.3 Å². The van der Waals surface area contributed by atoms with Gasteiger partial charge < -0.3 is 4.74 Å². The lowest BCUT2D eigenvalue weighted by atomic mass is 9.94. The van der Waals surface area contributed by atoms with Gasteiger partial charge in [-0.25, -0.2) is 4.79 Å². The van der Waals surface area contributed by atoms with Gasteiger partial charge in [-0.05, 0) is 12.3 Å². The van der Waals surface area contributed by atoms with Crippen LogP contribution in [0.3, 0.4) is 0 Å². The molecule has 0 aromatic carbocycles. The van der Waals surface area contributed by atoms with Crippen LogP contribution < -0.4 is 0 Å². The molecule has 6 atom stereocenters. The number of hydrogen-bond acceptors (Lipinski definition) is 7. The van der Waals surface area contributed by atoms with Gasteiger partial charge in [-0.2, -0.15) is 25.6 Å². The van der Waals surface area contributed by atoms with Crippen molar-refractivity contribution in [2.75, 3.05) is 0 Å². The molecule has 3 fully saturated rings. The van der Waals surface area contributed by atoms with Gasteiger partial charge in [0.15, 0.2) is 0 Å². The number of rotatable bonds is 3. The van der Waals surface area contributed by atoms with Crippen molar-refractivity contribution in [3.05, 3.63) is 0 Å². The van der Waals surface area contributed by atoms with E-state index in [1.165, 1.54) is 0 Å². The maximum absolute atomic E-state index is 13.2. The van der Waals surface area contributed by atoms with Gasteiger partial charge in [-0.3, -0.25) is 8.74 Å². The Hall–Kier alpha value is -0.850. The molecule has 3 rings (SSSR count). The molecule has 1 heterocycles. The van der Waals surface area contributed by atoms with Crippen LogP contribution in [0.5, 0.6) is 0 Å². The Morgan fingerprint density at radius 2 is 2.00 bits per heavy atom. The molecule has 2 aliphatic carbocycles. The fraction of sp³-hybridized carbons (Fsp3) is 0.900. The van der Waals surface area contributed by atoms with E-state index in [9.17, 15) is 30.4 Å². The molecule has 8 nitrogen and oxygen atoms in total. The molecule has 0 amide bonds. The zero-order chi connectivity index (χ0) is 16.7. The summed E-state index contributed by atoms with van der Waals surface area (Å²) in [6.45, 7) is 1.70. The fourth-order valence-electron chi connectivity index (χ4n) is 3.78. The van der Waals surface area contributed by atoms with Crippen LogP contribution in [0.4, 0.5) is 8.78 Å². The van der Waals surface area contributed by atoms with E-state index in [0.717, 1.165) is 0 Å². The third kappa shape index (κ3) is 1.93.